The highest BCUT2D eigenvalue weighted by molar-refractivity contribution is 7.49. The molecule has 1 nitrogen and oxygen atoms in total. The molecule has 11 heavy (non-hydrogen) atoms. The Morgan fingerprint density at radius 2 is 2.45 bits per heavy atom. The van der Waals surface area contributed by atoms with E-state index in [4.69, 9.17) is 11.6 Å². The molecule has 0 bridgehead atoms. The Morgan fingerprint density at radius 3 is 2.82 bits per heavy atom. The molecule has 0 aliphatic rings. The number of aliphatic hydroxyl groups is 1. The minimum Gasteiger partial charge on any atom is -0.512 e. The molecule has 3 heteroatoms. The van der Waals surface area contributed by atoms with E-state index < -0.39 is 7.53 Å². The normalized spacial score (nSPS) is 14.9. The van der Waals surface area contributed by atoms with Crippen LogP contribution in [0.3, 0.4) is 0 Å². The summed E-state index contributed by atoms with van der Waals surface area (Å²) >= 11 is 5.70. The van der Waals surface area contributed by atoms with Gasteiger partial charge < -0.3 is 5.11 Å². The molecule has 0 saturated carbocycles. The van der Waals surface area contributed by atoms with E-state index in [-0.39, 0.29) is 0 Å². The molecule has 60 valence electrons. The van der Waals surface area contributed by atoms with Crippen molar-refractivity contribution >= 4 is 31.5 Å². The van der Waals surface area contributed by atoms with Crippen molar-refractivity contribution in [1.29, 1.82) is 0 Å². The maximum Gasteiger partial charge on any atom is 0.101 e. The summed E-state index contributed by atoms with van der Waals surface area (Å²) in [5, 5.41) is 10.2. The molecule has 1 heterocycles. The molecule has 0 radical (unpaired) electrons. The summed E-state index contributed by atoms with van der Waals surface area (Å²) in [4.78, 5) is 0.940. The molecule has 0 amide bonds. The highest BCUT2D eigenvalue weighted by Gasteiger charge is 1.97. The Morgan fingerprint density at radius 1 is 1.82 bits per heavy atom. The van der Waals surface area contributed by atoms with Crippen LogP contribution in [0.15, 0.2) is 11.9 Å². The fraction of sp³-hybridized carbons (Fsp3) is 0.250. The summed E-state index contributed by atoms with van der Waals surface area (Å²) in [5.41, 5.74) is 0.568. The Hall–Kier alpha value is -0.390. The lowest BCUT2D eigenvalue weighted by molar-refractivity contribution is 0.500. The quantitative estimate of drug-likeness (QED) is 0.668. The molecular formula is C8H10ClOP. The molecule has 1 aromatic rings. The van der Waals surface area contributed by atoms with E-state index in [1.807, 2.05) is 11.9 Å². The molecule has 0 saturated heterocycles. The van der Waals surface area contributed by atoms with E-state index in [9.17, 15) is 5.11 Å². The minimum atomic E-state index is -0.470. The van der Waals surface area contributed by atoms with E-state index in [1.165, 1.54) is 0 Å². The van der Waals surface area contributed by atoms with Gasteiger partial charge in [0.05, 0.1) is 5.62 Å². The van der Waals surface area contributed by atoms with E-state index >= 15 is 0 Å². The molecule has 1 unspecified atom stereocenters. The van der Waals surface area contributed by atoms with Crippen LogP contribution >= 0.6 is 19.1 Å². The SMILES string of the molecule is C=c1ccp(CCl)/c1=C(/C)O. The predicted octanol–water partition coefficient (Wildman–Crippen LogP) is 1.97. The molecule has 0 aliphatic heterocycles. The Kier molecular flexibility index (Phi) is 2.64. The molecule has 1 N–H and O–H groups in total. The standard InChI is InChI=1S/C8H10ClOP/c1-6-3-4-11(5-9)8(6)7(2)10/h3-4,10H,1,5H2,2H3/b8-7-. The number of hydrogen-bond acceptors (Lipinski definition) is 1. The third-order valence-corrected chi connectivity index (χ3v) is 4.24. The van der Waals surface area contributed by atoms with Crippen LogP contribution in [0.2, 0.25) is 0 Å². The predicted molar refractivity (Wildman–Crippen MR) is 51.5 cm³/mol. The fourth-order valence-electron chi connectivity index (χ4n) is 1.06. The van der Waals surface area contributed by atoms with Crippen molar-refractivity contribution in [3.8, 4) is 0 Å². The van der Waals surface area contributed by atoms with Crippen LogP contribution in [0, 0.1) is 0 Å². The lowest BCUT2D eigenvalue weighted by Gasteiger charge is -1.91. The van der Waals surface area contributed by atoms with E-state index in [1.54, 1.807) is 6.92 Å². The van der Waals surface area contributed by atoms with Crippen molar-refractivity contribution in [2.24, 2.45) is 0 Å². The smallest absolute Gasteiger partial charge is 0.101 e. The van der Waals surface area contributed by atoms with Crippen LogP contribution in [-0.4, -0.2) is 5.11 Å². The molecular weight excluding hydrogens is 179 g/mol. The van der Waals surface area contributed by atoms with Gasteiger partial charge in [-0.15, -0.1) is 11.6 Å². The van der Waals surface area contributed by atoms with E-state index in [2.05, 4.69) is 6.58 Å². The third kappa shape index (κ3) is 1.61. The van der Waals surface area contributed by atoms with Gasteiger partial charge >= 0.3 is 0 Å². The fourth-order valence-corrected chi connectivity index (χ4v) is 3.22. The first kappa shape index (κ1) is 8.70. The van der Waals surface area contributed by atoms with Gasteiger partial charge in [-0.05, 0) is 17.9 Å². The maximum atomic E-state index is 9.26. The molecule has 0 aromatic carbocycles. The first-order valence-electron chi connectivity index (χ1n) is 3.26. The van der Waals surface area contributed by atoms with Crippen LogP contribution in [-0.2, 0) is 5.62 Å². The van der Waals surface area contributed by atoms with Gasteiger partial charge in [0.2, 0.25) is 0 Å². The van der Waals surface area contributed by atoms with Gasteiger partial charge in [0.25, 0.3) is 0 Å². The molecule has 0 spiro atoms. The first-order chi connectivity index (χ1) is 5.16. The van der Waals surface area contributed by atoms with Gasteiger partial charge in [-0.2, -0.15) is 0 Å². The van der Waals surface area contributed by atoms with Crippen molar-refractivity contribution in [1.82, 2.24) is 0 Å². The van der Waals surface area contributed by atoms with Crippen LogP contribution in [0.25, 0.3) is 12.3 Å². The molecule has 1 rings (SSSR count). The lowest BCUT2D eigenvalue weighted by Crippen LogP contribution is -2.18. The zero-order valence-corrected chi connectivity index (χ0v) is 7.99. The Bertz CT molecular complexity index is 349. The monoisotopic (exact) mass is 188 g/mol. The van der Waals surface area contributed by atoms with Gasteiger partial charge in [0.15, 0.2) is 0 Å². The van der Waals surface area contributed by atoms with Gasteiger partial charge in [-0.1, -0.05) is 20.2 Å². The van der Waals surface area contributed by atoms with Crippen molar-refractivity contribution < 1.29 is 5.11 Å². The van der Waals surface area contributed by atoms with Crippen LogP contribution in [0.4, 0.5) is 0 Å². The second-order valence-corrected chi connectivity index (χ2v) is 5.01. The summed E-state index contributed by atoms with van der Waals surface area (Å²) in [6.07, 6.45) is 0. The molecule has 0 aliphatic carbocycles. The van der Waals surface area contributed by atoms with Crippen molar-refractivity contribution in [2.75, 3.05) is 0 Å². The van der Waals surface area contributed by atoms with Gasteiger partial charge in [0.1, 0.15) is 5.76 Å². The largest absolute Gasteiger partial charge is 0.512 e. The second kappa shape index (κ2) is 3.34. The van der Waals surface area contributed by atoms with Crippen molar-refractivity contribution in [3.05, 3.63) is 22.0 Å². The van der Waals surface area contributed by atoms with Crippen molar-refractivity contribution in [2.45, 2.75) is 12.5 Å². The summed E-state index contributed by atoms with van der Waals surface area (Å²) < 4.78 is 0. The highest BCUT2D eigenvalue weighted by atomic mass is 35.5. The van der Waals surface area contributed by atoms with E-state index in [0.29, 0.717) is 11.4 Å². The summed E-state index contributed by atoms with van der Waals surface area (Å²) in [6, 6.07) is 1.92. The lowest BCUT2D eigenvalue weighted by atomic mass is 10.4. The summed E-state index contributed by atoms with van der Waals surface area (Å²) in [7, 11) is -0.470. The van der Waals surface area contributed by atoms with Gasteiger partial charge in [-0.3, -0.25) is 0 Å². The Labute approximate surface area is 71.7 Å². The molecule has 1 atom stereocenters. The second-order valence-electron chi connectivity index (χ2n) is 2.36. The number of rotatable bonds is 1. The average Bonchev–Trinajstić information content (AvgIpc) is 2.30. The van der Waals surface area contributed by atoms with Gasteiger partial charge in [-0.25, -0.2) is 0 Å². The molecule has 1 aromatic heterocycles. The minimum absolute atomic E-state index is 0.353. The van der Waals surface area contributed by atoms with Gasteiger partial charge in [0, 0.05) is 4.95 Å². The summed E-state index contributed by atoms with van der Waals surface area (Å²) in [5.74, 6) is 2.38. The number of halogens is 1. The molecule has 0 fully saturated rings. The zero-order chi connectivity index (χ0) is 8.43. The van der Waals surface area contributed by atoms with Crippen LogP contribution < -0.4 is 10.2 Å². The number of alkyl halides is 1. The highest BCUT2D eigenvalue weighted by Crippen LogP contribution is 2.22. The summed E-state index contributed by atoms with van der Waals surface area (Å²) in [6.45, 7) is 5.48. The first-order valence-corrected chi connectivity index (χ1v) is 5.40. The number of aliphatic hydroxyl groups excluding tert-OH is 1. The van der Waals surface area contributed by atoms with Crippen molar-refractivity contribution in [3.63, 3.8) is 0 Å². The Balaban J connectivity index is 3.56. The van der Waals surface area contributed by atoms with E-state index in [0.717, 1.165) is 10.2 Å². The maximum absolute atomic E-state index is 9.26. The van der Waals surface area contributed by atoms with Crippen LogP contribution in [0.1, 0.15) is 6.92 Å². The van der Waals surface area contributed by atoms with Crippen LogP contribution in [0.5, 0.6) is 0 Å². The topological polar surface area (TPSA) is 20.2 Å². The zero-order valence-electron chi connectivity index (χ0n) is 6.34. The third-order valence-electron chi connectivity index (χ3n) is 1.52. The number of hydrogen-bond donors (Lipinski definition) is 1. The average molecular weight is 189 g/mol.